The highest BCUT2D eigenvalue weighted by atomic mass is 32.3. The summed E-state index contributed by atoms with van der Waals surface area (Å²) in [7, 11) is -9.45. The van der Waals surface area contributed by atoms with Crippen molar-refractivity contribution < 1.29 is 39.1 Å². The molecule has 0 saturated heterocycles. The maximum atomic E-state index is 13.5. The molecule has 1 heterocycles. The first-order valence-electron chi connectivity index (χ1n) is 9.36. The monoisotopic (exact) mass is 491 g/mol. The van der Waals surface area contributed by atoms with Crippen LogP contribution >= 0.6 is 0 Å². The molecule has 0 saturated carbocycles. The summed E-state index contributed by atoms with van der Waals surface area (Å²) in [6, 6.07) is 16.5. The molecule has 1 aliphatic heterocycles. The van der Waals surface area contributed by atoms with Crippen LogP contribution in [0.3, 0.4) is 0 Å². The topological polar surface area (TPSA) is 156 Å². The van der Waals surface area contributed by atoms with Gasteiger partial charge in [-0.15, -0.1) is 0 Å². The van der Waals surface area contributed by atoms with Crippen LogP contribution in [-0.4, -0.2) is 31.8 Å². The molecule has 0 atom stereocenters. The van der Waals surface area contributed by atoms with E-state index in [1.807, 2.05) is 13.0 Å². The highest BCUT2D eigenvalue weighted by Crippen LogP contribution is 2.49. The second kappa shape index (κ2) is 7.85. The second-order valence-electron chi connectivity index (χ2n) is 7.27. The molecule has 0 unspecified atom stereocenters. The van der Waals surface area contributed by atoms with Crippen molar-refractivity contribution in [1.82, 2.24) is 0 Å². The van der Waals surface area contributed by atoms with Crippen molar-refractivity contribution in [2.24, 2.45) is 0 Å². The maximum absolute atomic E-state index is 13.5. The Morgan fingerprint density at radius 3 is 1.64 bits per heavy atom. The SMILES string of the molecule is Cc1cccc2c1NC(=O)C2(c1ccc(OS(=O)(=O)O)cc1)c1ccc(OS(=O)(=O)O)cc1. The van der Waals surface area contributed by atoms with Gasteiger partial charge in [-0.2, -0.15) is 16.8 Å². The zero-order chi connectivity index (χ0) is 24.0. The molecule has 0 spiro atoms. The fraction of sp³-hybridized carbons (Fsp3) is 0.0952. The summed E-state index contributed by atoms with van der Waals surface area (Å²) in [4.78, 5) is 13.5. The second-order valence-corrected chi connectivity index (χ2v) is 9.32. The van der Waals surface area contributed by atoms with Gasteiger partial charge in [-0.1, -0.05) is 42.5 Å². The zero-order valence-electron chi connectivity index (χ0n) is 16.9. The summed E-state index contributed by atoms with van der Waals surface area (Å²) in [5, 5.41) is 2.89. The highest BCUT2D eigenvalue weighted by molar-refractivity contribution is 7.81. The van der Waals surface area contributed by atoms with Gasteiger partial charge in [0.2, 0.25) is 5.91 Å². The van der Waals surface area contributed by atoms with Crippen LogP contribution < -0.4 is 13.7 Å². The fourth-order valence-electron chi connectivity index (χ4n) is 3.98. The first-order chi connectivity index (χ1) is 15.4. The quantitative estimate of drug-likeness (QED) is 0.441. The van der Waals surface area contributed by atoms with E-state index in [1.165, 1.54) is 48.5 Å². The van der Waals surface area contributed by atoms with Crippen molar-refractivity contribution in [3.8, 4) is 11.5 Å². The number of para-hydroxylation sites is 1. The summed E-state index contributed by atoms with van der Waals surface area (Å²) in [6.45, 7) is 1.83. The Morgan fingerprint density at radius 1 is 0.758 bits per heavy atom. The predicted octanol–water partition coefficient (Wildman–Crippen LogP) is 2.64. The van der Waals surface area contributed by atoms with E-state index >= 15 is 0 Å². The molecule has 12 heteroatoms. The van der Waals surface area contributed by atoms with Gasteiger partial charge in [-0.05, 0) is 47.9 Å². The van der Waals surface area contributed by atoms with Gasteiger partial charge in [0.25, 0.3) is 0 Å². The summed E-state index contributed by atoms with van der Waals surface area (Å²) >= 11 is 0. The lowest BCUT2D eigenvalue weighted by molar-refractivity contribution is -0.118. The Morgan fingerprint density at radius 2 is 1.21 bits per heavy atom. The molecule has 0 radical (unpaired) electrons. The standard InChI is InChI=1S/C21H17NO9S2/c1-13-3-2-4-18-19(13)22-20(23)21(18,14-5-9-16(10-6-14)30-32(24,25)26)15-7-11-17(12-8-15)31-33(27,28)29/h2-12H,1H3,(H,22,23)(H,24,25,26)(H,27,28,29). The van der Waals surface area contributed by atoms with E-state index in [2.05, 4.69) is 13.7 Å². The molecule has 10 nitrogen and oxygen atoms in total. The highest BCUT2D eigenvalue weighted by Gasteiger charge is 2.50. The number of carbonyl (C=O) groups is 1. The number of amides is 1. The van der Waals surface area contributed by atoms with Crippen LogP contribution in [0.5, 0.6) is 11.5 Å². The fourth-order valence-corrected chi connectivity index (χ4v) is 4.69. The van der Waals surface area contributed by atoms with E-state index < -0.39 is 32.1 Å². The zero-order valence-corrected chi connectivity index (χ0v) is 18.6. The van der Waals surface area contributed by atoms with Crippen molar-refractivity contribution in [3.63, 3.8) is 0 Å². The average molecular weight is 491 g/mol. The van der Waals surface area contributed by atoms with Crippen molar-refractivity contribution in [2.75, 3.05) is 5.32 Å². The third kappa shape index (κ3) is 4.28. The van der Waals surface area contributed by atoms with Crippen LogP contribution in [-0.2, 0) is 31.0 Å². The Kier molecular flexibility index (Phi) is 5.41. The minimum atomic E-state index is -4.72. The van der Waals surface area contributed by atoms with E-state index in [4.69, 9.17) is 9.11 Å². The third-order valence-electron chi connectivity index (χ3n) is 5.23. The molecule has 1 aliphatic rings. The summed E-state index contributed by atoms with van der Waals surface area (Å²) in [5.41, 5.74) is 1.58. The molecular formula is C21H17NO9S2. The normalized spacial score (nSPS) is 14.9. The van der Waals surface area contributed by atoms with Crippen LogP contribution in [0.1, 0.15) is 22.3 Å². The molecule has 172 valence electrons. The van der Waals surface area contributed by atoms with Gasteiger partial charge < -0.3 is 13.7 Å². The van der Waals surface area contributed by atoms with Gasteiger partial charge in [0, 0.05) is 11.3 Å². The minimum Gasteiger partial charge on any atom is -0.362 e. The predicted molar refractivity (Wildman–Crippen MR) is 117 cm³/mol. The van der Waals surface area contributed by atoms with Gasteiger partial charge in [0.05, 0.1) is 0 Å². The number of benzene rings is 3. The number of anilines is 1. The Hall–Kier alpha value is -3.45. The van der Waals surface area contributed by atoms with Crippen molar-refractivity contribution >= 4 is 32.4 Å². The van der Waals surface area contributed by atoms with Crippen LogP contribution in [0.25, 0.3) is 0 Å². The van der Waals surface area contributed by atoms with E-state index in [9.17, 15) is 21.6 Å². The van der Waals surface area contributed by atoms with Crippen LogP contribution in [0.2, 0.25) is 0 Å². The minimum absolute atomic E-state index is 0.156. The number of nitrogens with one attached hydrogen (secondary N) is 1. The first-order valence-corrected chi connectivity index (χ1v) is 12.1. The Balaban J connectivity index is 1.90. The summed E-state index contributed by atoms with van der Waals surface area (Å²) in [6.07, 6.45) is 0. The Bertz CT molecular complexity index is 1370. The van der Waals surface area contributed by atoms with Crippen LogP contribution in [0, 0.1) is 6.92 Å². The number of hydrogen-bond acceptors (Lipinski definition) is 7. The number of hydrogen-bond donors (Lipinski definition) is 3. The average Bonchev–Trinajstić information content (AvgIpc) is 3.01. The lowest BCUT2D eigenvalue weighted by atomic mass is 9.70. The largest absolute Gasteiger partial charge is 0.446 e. The third-order valence-corrected chi connectivity index (χ3v) is 6.04. The molecule has 0 aliphatic carbocycles. The molecular weight excluding hydrogens is 474 g/mol. The van der Waals surface area contributed by atoms with E-state index in [1.54, 1.807) is 12.1 Å². The van der Waals surface area contributed by atoms with Crippen LogP contribution in [0.15, 0.2) is 66.7 Å². The van der Waals surface area contributed by atoms with Crippen LogP contribution in [0.4, 0.5) is 5.69 Å². The van der Waals surface area contributed by atoms with E-state index in [0.717, 1.165) is 5.56 Å². The first kappa shape index (κ1) is 22.7. The lowest BCUT2D eigenvalue weighted by Gasteiger charge is -2.29. The van der Waals surface area contributed by atoms with Gasteiger partial charge >= 0.3 is 20.8 Å². The molecule has 3 N–H and O–H groups in total. The number of aryl methyl sites for hydroxylation is 1. The maximum Gasteiger partial charge on any atom is 0.446 e. The molecule has 0 fully saturated rings. The van der Waals surface area contributed by atoms with Gasteiger partial charge in [0.1, 0.15) is 16.9 Å². The molecule has 4 rings (SSSR count). The Labute approximate surface area is 189 Å². The summed E-state index contributed by atoms with van der Waals surface area (Å²) in [5.74, 6) is -0.703. The molecule has 0 aromatic heterocycles. The molecule has 1 amide bonds. The lowest BCUT2D eigenvalue weighted by Crippen LogP contribution is -2.37. The number of carbonyl (C=O) groups excluding carboxylic acids is 1. The number of fused-ring (bicyclic) bond motifs is 1. The summed E-state index contributed by atoms with van der Waals surface area (Å²) < 4.78 is 70.8. The van der Waals surface area contributed by atoms with E-state index in [0.29, 0.717) is 22.4 Å². The molecule has 0 bridgehead atoms. The molecule has 33 heavy (non-hydrogen) atoms. The van der Waals surface area contributed by atoms with Gasteiger partial charge in [-0.25, -0.2) is 0 Å². The van der Waals surface area contributed by atoms with Gasteiger partial charge in [0.15, 0.2) is 0 Å². The molecule has 3 aromatic rings. The van der Waals surface area contributed by atoms with Crippen molar-refractivity contribution in [2.45, 2.75) is 12.3 Å². The van der Waals surface area contributed by atoms with E-state index in [-0.39, 0.29) is 11.5 Å². The van der Waals surface area contributed by atoms with Crippen molar-refractivity contribution in [1.29, 1.82) is 0 Å². The number of rotatable bonds is 6. The molecule has 3 aromatic carbocycles. The smallest absolute Gasteiger partial charge is 0.362 e. The van der Waals surface area contributed by atoms with Crippen molar-refractivity contribution in [3.05, 3.63) is 89.0 Å². The van der Waals surface area contributed by atoms with Gasteiger partial charge in [-0.3, -0.25) is 13.9 Å².